The fourth-order valence-corrected chi connectivity index (χ4v) is 3.42. The van der Waals surface area contributed by atoms with Crippen LogP contribution >= 0.6 is 11.3 Å². The highest BCUT2D eigenvalue weighted by Crippen LogP contribution is 2.25. The van der Waals surface area contributed by atoms with E-state index in [1.807, 2.05) is 48.0 Å². The number of benzene rings is 1. The van der Waals surface area contributed by atoms with Crippen molar-refractivity contribution in [1.29, 1.82) is 0 Å². The van der Waals surface area contributed by atoms with Gasteiger partial charge in [0.25, 0.3) is 0 Å². The molecule has 1 saturated heterocycles. The summed E-state index contributed by atoms with van der Waals surface area (Å²) in [4.78, 5) is 6.68. The van der Waals surface area contributed by atoms with Gasteiger partial charge in [-0.3, -0.25) is 4.90 Å². The van der Waals surface area contributed by atoms with Gasteiger partial charge in [0.1, 0.15) is 16.8 Å². The molecule has 3 aromatic rings. The van der Waals surface area contributed by atoms with Crippen LogP contribution in [-0.4, -0.2) is 34.7 Å². The highest BCUT2D eigenvalue weighted by atomic mass is 32.1. The van der Waals surface area contributed by atoms with E-state index < -0.39 is 0 Å². The summed E-state index contributed by atoms with van der Waals surface area (Å²) in [6, 6.07) is 12.1. The first-order valence-corrected chi connectivity index (χ1v) is 8.51. The smallest absolute Gasteiger partial charge is 0.151 e. The molecular weight excluding hydrogens is 310 g/mol. The van der Waals surface area contributed by atoms with Gasteiger partial charge in [-0.15, -0.1) is 11.3 Å². The molecule has 5 nitrogen and oxygen atoms in total. The molecule has 0 aliphatic carbocycles. The highest BCUT2D eigenvalue weighted by Gasteiger charge is 2.24. The third-order valence-corrected chi connectivity index (χ3v) is 4.75. The maximum absolute atomic E-state index is 5.82. The Bertz CT molecular complexity index is 742. The summed E-state index contributed by atoms with van der Waals surface area (Å²) in [6.07, 6.45) is 1.88. The molecule has 1 aromatic carbocycles. The Morgan fingerprint density at radius 2 is 2.17 bits per heavy atom. The second-order valence-corrected chi connectivity index (χ2v) is 6.44. The lowest BCUT2D eigenvalue weighted by Gasteiger charge is -2.31. The Balaban J connectivity index is 1.43. The van der Waals surface area contributed by atoms with Gasteiger partial charge in [-0.1, -0.05) is 35.5 Å². The van der Waals surface area contributed by atoms with Crippen molar-refractivity contribution in [3.63, 3.8) is 0 Å². The average Bonchev–Trinajstić information content (AvgIpc) is 3.28. The Morgan fingerprint density at radius 3 is 3.00 bits per heavy atom. The summed E-state index contributed by atoms with van der Waals surface area (Å²) in [5, 5.41) is 7.20. The van der Waals surface area contributed by atoms with E-state index in [2.05, 4.69) is 15.0 Å². The molecule has 6 heteroatoms. The first kappa shape index (κ1) is 14.6. The molecule has 0 unspecified atom stereocenters. The quantitative estimate of drug-likeness (QED) is 0.735. The summed E-state index contributed by atoms with van der Waals surface area (Å²) in [6.45, 7) is 3.17. The minimum absolute atomic E-state index is 0.0558. The second-order valence-electron chi connectivity index (χ2n) is 5.51. The van der Waals surface area contributed by atoms with Crippen LogP contribution in [0.25, 0.3) is 11.3 Å². The van der Waals surface area contributed by atoms with Crippen molar-refractivity contribution in [2.24, 2.45) is 0 Å². The molecule has 1 atom stereocenters. The van der Waals surface area contributed by atoms with Crippen LogP contribution in [-0.2, 0) is 11.3 Å². The van der Waals surface area contributed by atoms with Crippen molar-refractivity contribution in [3.05, 3.63) is 58.7 Å². The number of morpholine rings is 1. The Kier molecular flexibility index (Phi) is 4.19. The van der Waals surface area contributed by atoms with Crippen LogP contribution in [0.15, 0.2) is 52.5 Å². The molecule has 2 aromatic heterocycles. The summed E-state index contributed by atoms with van der Waals surface area (Å²) in [5.74, 6) is 0.878. The maximum Gasteiger partial charge on any atom is 0.151 e. The Morgan fingerprint density at radius 1 is 1.26 bits per heavy atom. The fourth-order valence-electron chi connectivity index (χ4n) is 2.74. The van der Waals surface area contributed by atoms with Gasteiger partial charge in [0.2, 0.25) is 0 Å². The summed E-state index contributed by atoms with van der Waals surface area (Å²) < 4.78 is 11.3. The van der Waals surface area contributed by atoms with Crippen LogP contribution in [0.2, 0.25) is 0 Å². The number of thiazole rings is 1. The Labute approximate surface area is 138 Å². The molecule has 3 heterocycles. The number of hydrogen-bond acceptors (Lipinski definition) is 6. The normalized spacial score (nSPS) is 19.0. The molecular formula is C17H17N3O2S. The lowest BCUT2D eigenvalue weighted by Crippen LogP contribution is -2.37. The summed E-state index contributed by atoms with van der Waals surface area (Å²) in [7, 11) is 0. The average molecular weight is 327 g/mol. The molecule has 0 radical (unpaired) electrons. The highest BCUT2D eigenvalue weighted by molar-refractivity contribution is 7.09. The first-order chi connectivity index (χ1) is 11.4. The van der Waals surface area contributed by atoms with Crippen molar-refractivity contribution in [1.82, 2.24) is 15.0 Å². The van der Waals surface area contributed by atoms with Crippen molar-refractivity contribution >= 4 is 11.3 Å². The van der Waals surface area contributed by atoms with E-state index in [0.29, 0.717) is 6.61 Å². The molecule has 0 spiro atoms. The van der Waals surface area contributed by atoms with Gasteiger partial charge in [-0.2, -0.15) is 0 Å². The van der Waals surface area contributed by atoms with Crippen LogP contribution in [0.1, 0.15) is 16.9 Å². The van der Waals surface area contributed by atoms with Crippen molar-refractivity contribution < 1.29 is 9.26 Å². The van der Waals surface area contributed by atoms with E-state index in [1.165, 1.54) is 0 Å². The first-order valence-electron chi connectivity index (χ1n) is 7.63. The minimum atomic E-state index is 0.0558. The van der Waals surface area contributed by atoms with E-state index >= 15 is 0 Å². The summed E-state index contributed by atoms with van der Waals surface area (Å²) in [5.41, 5.74) is 1.95. The summed E-state index contributed by atoms with van der Waals surface area (Å²) >= 11 is 1.64. The van der Waals surface area contributed by atoms with Gasteiger partial charge in [0.15, 0.2) is 5.76 Å². The zero-order valence-corrected chi connectivity index (χ0v) is 13.4. The SMILES string of the molecule is c1ccc(-c2cc(CN3CCO[C@@H](c4nccs4)C3)on2)cc1. The van der Waals surface area contributed by atoms with Crippen LogP contribution in [0.3, 0.4) is 0 Å². The lowest BCUT2D eigenvalue weighted by molar-refractivity contribution is -0.0351. The second kappa shape index (κ2) is 6.62. The van der Waals surface area contributed by atoms with E-state index in [1.54, 1.807) is 11.3 Å². The number of ether oxygens (including phenoxy) is 1. The minimum Gasteiger partial charge on any atom is -0.368 e. The van der Waals surface area contributed by atoms with Gasteiger partial charge in [0, 0.05) is 36.3 Å². The molecule has 0 amide bonds. The number of aromatic nitrogens is 2. The predicted octanol–water partition coefficient (Wildman–Crippen LogP) is 3.37. The van der Waals surface area contributed by atoms with Crippen LogP contribution in [0.4, 0.5) is 0 Å². The maximum atomic E-state index is 5.82. The Hall–Kier alpha value is -2.02. The molecule has 0 bridgehead atoms. The van der Waals surface area contributed by atoms with Crippen LogP contribution in [0.5, 0.6) is 0 Å². The van der Waals surface area contributed by atoms with Crippen molar-refractivity contribution in [3.8, 4) is 11.3 Å². The molecule has 118 valence electrons. The third-order valence-electron chi connectivity index (χ3n) is 3.89. The molecule has 4 rings (SSSR count). The largest absolute Gasteiger partial charge is 0.368 e. The molecule has 1 fully saturated rings. The van der Waals surface area contributed by atoms with E-state index in [-0.39, 0.29) is 6.10 Å². The van der Waals surface area contributed by atoms with E-state index in [4.69, 9.17) is 9.26 Å². The van der Waals surface area contributed by atoms with Gasteiger partial charge < -0.3 is 9.26 Å². The fraction of sp³-hybridized carbons (Fsp3) is 0.294. The zero-order chi connectivity index (χ0) is 15.5. The molecule has 0 N–H and O–H groups in total. The lowest BCUT2D eigenvalue weighted by atomic mass is 10.1. The number of rotatable bonds is 4. The predicted molar refractivity (Wildman–Crippen MR) is 88.0 cm³/mol. The zero-order valence-electron chi connectivity index (χ0n) is 12.6. The molecule has 1 aliphatic rings. The van der Waals surface area contributed by atoms with Crippen molar-refractivity contribution in [2.45, 2.75) is 12.6 Å². The van der Waals surface area contributed by atoms with E-state index in [0.717, 1.165) is 41.7 Å². The van der Waals surface area contributed by atoms with Gasteiger partial charge >= 0.3 is 0 Å². The van der Waals surface area contributed by atoms with Gasteiger partial charge in [-0.25, -0.2) is 4.98 Å². The standard InChI is InChI=1S/C17H17N3O2S/c1-2-4-13(5-3-1)15-10-14(22-19-15)11-20-7-8-21-16(12-20)17-18-6-9-23-17/h1-6,9-10,16H,7-8,11-12H2/t16-/m1/s1. The van der Waals surface area contributed by atoms with Gasteiger partial charge in [-0.05, 0) is 0 Å². The molecule has 0 saturated carbocycles. The topological polar surface area (TPSA) is 51.4 Å². The molecule has 1 aliphatic heterocycles. The van der Waals surface area contributed by atoms with Crippen LogP contribution in [0, 0.1) is 0 Å². The number of hydrogen-bond donors (Lipinski definition) is 0. The van der Waals surface area contributed by atoms with Gasteiger partial charge in [0.05, 0.1) is 13.2 Å². The van der Waals surface area contributed by atoms with Crippen molar-refractivity contribution in [2.75, 3.05) is 19.7 Å². The van der Waals surface area contributed by atoms with Crippen LogP contribution < -0.4 is 0 Å². The third kappa shape index (κ3) is 3.34. The number of nitrogens with zero attached hydrogens (tertiary/aromatic N) is 3. The monoisotopic (exact) mass is 327 g/mol. The van der Waals surface area contributed by atoms with E-state index in [9.17, 15) is 0 Å². The molecule has 23 heavy (non-hydrogen) atoms.